The topological polar surface area (TPSA) is 84.2 Å². The van der Waals surface area contributed by atoms with Crippen LogP contribution >= 0.6 is 0 Å². The van der Waals surface area contributed by atoms with Crippen molar-refractivity contribution in [2.45, 2.75) is 51.5 Å². The van der Waals surface area contributed by atoms with Crippen molar-refractivity contribution >= 4 is 11.8 Å². The lowest BCUT2D eigenvalue weighted by Crippen LogP contribution is -2.44. The molecule has 1 fully saturated rings. The molecule has 0 bridgehead atoms. The molecular formula is C13H25N3O2. The Morgan fingerprint density at radius 1 is 1.17 bits per heavy atom. The van der Waals surface area contributed by atoms with Gasteiger partial charge in [0.05, 0.1) is 5.92 Å². The number of nitrogens with one attached hydrogen (secondary N) is 2. The molecule has 2 amide bonds. The van der Waals surface area contributed by atoms with E-state index in [1.165, 1.54) is 0 Å². The quantitative estimate of drug-likeness (QED) is 0.647. The van der Waals surface area contributed by atoms with Gasteiger partial charge < -0.3 is 16.4 Å². The van der Waals surface area contributed by atoms with Crippen molar-refractivity contribution < 1.29 is 9.59 Å². The van der Waals surface area contributed by atoms with E-state index in [-0.39, 0.29) is 23.8 Å². The van der Waals surface area contributed by atoms with Crippen molar-refractivity contribution in [2.75, 3.05) is 13.1 Å². The Bertz CT molecular complexity index is 281. The minimum Gasteiger partial charge on any atom is -0.356 e. The van der Waals surface area contributed by atoms with E-state index in [2.05, 4.69) is 10.6 Å². The summed E-state index contributed by atoms with van der Waals surface area (Å²) in [5.74, 6) is -0.0759. The van der Waals surface area contributed by atoms with Gasteiger partial charge in [-0.05, 0) is 19.3 Å². The molecule has 18 heavy (non-hydrogen) atoms. The van der Waals surface area contributed by atoms with Gasteiger partial charge in [-0.3, -0.25) is 9.59 Å². The lowest BCUT2D eigenvalue weighted by molar-refractivity contribution is -0.126. The standard InChI is InChI=1S/C13H25N3O2/c1-2-8-15-12(17)7-9-16-13(18)10-5-3-4-6-11(10)14/h10-11H,2-9,14H2,1H3,(H,15,17)(H,16,18). The van der Waals surface area contributed by atoms with Crippen LogP contribution in [-0.2, 0) is 9.59 Å². The highest BCUT2D eigenvalue weighted by atomic mass is 16.2. The third-order valence-electron chi connectivity index (χ3n) is 3.38. The fourth-order valence-corrected chi connectivity index (χ4v) is 2.27. The fraction of sp³-hybridized carbons (Fsp3) is 0.846. The molecule has 4 N–H and O–H groups in total. The first-order chi connectivity index (χ1) is 8.65. The predicted octanol–water partition coefficient (Wildman–Crippen LogP) is 0.536. The number of hydrogen-bond donors (Lipinski definition) is 3. The van der Waals surface area contributed by atoms with E-state index < -0.39 is 0 Å². The molecule has 1 aliphatic carbocycles. The zero-order valence-corrected chi connectivity index (χ0v) is 11.2. The maximum atomic E-state index is 11.9. The average Bonchev–Trinajstić information content (AvgIpc) is 2.36. The Hall–Kier alpha value is -1.10. The second kappa shape index (κ2) is 8.08. The monoisotopic (exact) mass is 255 g/mol. The van der Waals surface area contributed by atoms with Gasteiger partial charge in [-0.1, -0.05) is 19.8 Å². The van der Waals surface area contributed by atoms with Crippen molar-refractivity contribution in [3.8, 4) is 0 Å². The first-order valence-electron chi connectivity index (χ1n) is 6.95. The second-order valence-electron chi connectivity index (χ2n) is 4.95. The summed E-state index contributed by atoms with van der Waals surface area (Å²) in [6.07, 6.45) is 5.25. The summed E-state index contributed by atoms with van der Waals surface area (Å²) in [5.41, 5.74) is 5.94. The Morgan fingerprint density at radius 3 is 2.56 bits per heavy atom. The molecular weight excluding hydrogens is 230 g/mol. The summed E-state index contributed by atoms with van der Waals surface area (Å²) in [4.78, 5) is 23.2. The highest BCUT2D eigenvalue weighted by Crippen LogP contribution is 2.22. The van der Waals surface area contributed by atoms with Crippen LogP contribution in [-0.4, -0.2) is 30.9 Å². The van der Waals surface area contributed by atoms with Gasteiger partial charge in [-0.15, -0.1) is 0 Å². The van der Waals surface area contributed by atoms with Crippen molar-refractivity contribution in [3.63, 3.8) is 0 Å². The summed E-state index contributed by atoms with van der Waals surface area (Å²) >= 11 is 0. The van der Waals surface area contributed by atoms with E-state index in [0.717, 1.165) is 32.1 Å². The molecule has 0 aliphatic heterocycles. The zero-order valence-electron chi connectivity index (χ0n) is 11.2. The molecule has 1 saturated carbocycles. The Labute approximate surface area is 109 Å². The molecule has 0 aromatic heterocycles. The van der Waals surface area contributed by atoms with Crippen LogP contribution in [0.3, 0.4) is 0 Å². The van der Waals surface area contributed by atoms with E-state index in [4.69, 9.17) is 5.73 Å². The van der Waals surface area contributed by atoms with Crippen LogP contribution in [0.15, 0.2) is 0 Å². The first kappa shape index (κ1) is 15.0. The Kier molecular flexibility index (Phi) is 6.72. The number of carbonyl (C=O) groups excluding carboxylic acids is 2. The number of amides is 2. The molecule has 104 valence electrons. The van der Waals surface area contributed by atoms with Gasteiger partial charge in [0, 0.05) is 25.6 Å². The van der Waals surface area contributed by atoms with Crippen molar-refractivity contribution in [2.24, 2.45) is 11.7 Å². The normalized spacial score (nSPS) is 23.4. The molecule has 5 heteroatoms. The van der Waals surface area contributed by atoms with E-state index in [1.54, 1.807) is 0 Å². The largest absolute Gasteiger partial charge is 0.356 e. The lowest BCUT2D eigenvalue weighted by Gasteiger charge is -2.27. The maximum absolute atomic E-state index is 11.9. The van der Waals surface area contributed by atoms with Gasteiger partial charge in [-0.25, -0.2) is 0 Å². The lowest BCUT2D eigenvalue weighted by atomic mass is 9.84. The molecule has 0 saturated heterocycles. The molecule has 0 heterocycles. The first-order valence-corrected chi connectivity index (χ1v) is 6.95. The number of nitrogens with two attached hydrogens (primary N) is 1. The highest BCUT2D eigenvalue weighted by Gasteiger charge is 2.27. The predicted molar refractivity (Wildman–Crippen MR) is 70.9 cm³/mol. The maximum Gasteiger partial charge on any atom is 0.224 e. The summed E-state index contributed by atoms with van der Waals surface area (Å²) in [7, 11) is 0. The van der Waals surface area contributed by atoms with Crippen LogP contribution in [0.4, 0.5) is 0 Å². The Morgan fingerprint density at radius 2 is 1.89 bits per heavy atom. The van der Waals surface area contributed by atoms with E-state index >= 15 is 0 Å². The fourth-order valence-electron chi connectivity index (χ4n) is 2.27. The van der Waals surface area contributed by atoms with Gasteiger partial charge in [0.25, 0.3) is 0 Å². The molecule has 5 nitrogen and oxygen atoms in total. The summed E-state index contributed by atoms with van der Waals surface area (Å²) in [6, 6.07) is -0.0207. The molecule has 2 atom stereocenters. The molecule has 2 unspecified atom stereocenters. The van der Waals surface area contributed by atoms with Crippen LogP contribution in [0.25, 0.3) is 0 Å². The van der Waals surface area contributed by atoms with E-state index in [1.807, 2.05) is 6.92 Å². The highest BCUT2D eigenvalue weighted by molar-refractivity contribution is 5.81. The summed E-state index contributed by atoms with van der Waals surface area (Å²) in [5, 5.41) is 5.59. The zero-order chi connectivity index (χ0) is 13.4. The number of carbonyl (C=O) groups is 2. The molecule has 0 spiro atoms. The van der Waals surface area contributed by atoms with Crippen LogP contribution in [0.2, 0.25) is 0 Å². The van der Waals surface area contributed by atoms with Crippen molar-refractivity contribution in [1.29, 1.82) is 0 Å². The van der Waals surface area contributed by atoms with Crippen LogP contribution in [0, 0.1) is 5.92 Å². The van der Waals surface area contributed by atoms with Crippen LogP contribution in [0.1, 0.15) is 45.4 Å². The average molecular weight is 255 g/mol. The molecule has 0 radical (unpaired) electrons. The third-order valence-corrected chi connectivity index (χ3v) is 3.38. The van der Waals surface area contributed by atoms with Gasteiger partial charge >= 0.3 is 0 Å². The van der Waals surface area contributed by atoms with Gasteiger partial charge in [0.15, 0.2) is 0 Å². The second-order valence-corrected chi connectivity index (χ2v) is 4.95. The minimum atomic E-state index is -0.0718. The molecule has 1 rings (SSSR count). The summed E-state index contributed by atoms with van der Waals surface area (Å²) < 4.78 is 0. The molecule has 0 aromatic carbocycles. The van der Waals surface area contributed by atoms with Gasteiger partial charge in [-0.2, -0.15) is 0 Å². The molecule has 0 aromatic rings. The van der Waals surface area contributed by atoms with E-state index in [9.17, 15) is 9.59 Å². The van der Waals surface area contributed by atoms with Crippen molar-refractivity contribution in [1.82, 2.24) is 10.6 Å². The number of rotatable bonds is 6. The number of hydrogen-bond acceptors (Lipinski definition) is 3. The van der Waals surface area contributed by atoms with Gasteiger partial charge in [0.2, 0.25) is 11.8 Å². The van der Waals surface area contributed by atoms with Crippen molar-refractivity contribution in [3.05, 3.63) is 0 Å². The summed E-state index contributed by atoms with van der Waals surface area (Å²) in [6.45, 7) is 3.10. The van der Waals surface area contributed by atoms with Crippen LogP contribution in [0.5, 0.6) is 0 Å². The van der Waals surface area contributed by atoms with Crippen LogP contribution < -0.4 is 16.4 Å². The van der Waals surface area contributed by atoms with Gasteiger partial charge in [0.1, 0.15) is 0 Å². The molecule has 1 aliphatic rings. The smallest absolute Gasteiger partial charge is 0.224 e. The third kappa shape index (κ3) is 5.04. The van der Waals surface area contributed by atoms with E-state index in [0.29, 0.717) is 19.5 Å². The SMILES string of the molecule is CCCNC(=O)CCNC(=O)C1CCCCC1N. The minimum absolute atomic E-state index is 0.00508. The Balaban J connectivity index is 2.18.